The van der Waals surface area contributed by atoms with E-state index in [1.165, 1.54) is 13.8 Å². The smallest absolute Gasteiger partial charge is 0.303 e. The van der Waals surface area contributed by atoms with Crippen molar-refractivity contribution in [2.75, 3.05) is 6.61 Å². The summed E-state index contributed by atoms with van der Waals surface area (Å²) in [7, 11) is 0. The Bertz CT molecular complexity index is 803. The summed E-state index contributed by atoms with van der Waals surface area (Å²) in [6.45, 7) is 6.27. The van der Waals surface area contributed by atoms with Gasteiger partial charge in [-0.25, -0.2) is 0 Å². The van der Waals surface area contributed by atoms with Crippen LogP contribution in [0.15, 0.2) is 24.3 Å². The Balaban J connectivity index is 2.43. The summed E-state index contributed by atoms with van der Waals surface area (Å²) in [5.74, 6) is -2.29. The third kappa shape index (κ3) is 7.25. The van der Waals surface area contributed by atoms with Crippen LogP contribution in [-0.4, -0.2) is 61.2 Å². The molecular weight excluding hydrogens is 412 g/mol. The Morgan fingerprint density at radius 1 is 0.774 bits per heavy atom. The lowest BCUT2D eigenvalue weighted by Gasteiger charge is -2.43. The summed E-state index contributed by atoms with van der Waals surface area (Å²) < 4.78 is 32.7. The normalized spacial score (nSPS) is 25.1. The molecule has 10 heteroatoms. The first kappa shape index (κ1) is 24.1. The molecule has 0 saturated carbocycles. The second-order valence-electron chi connectivity index (χ2n) is 7.00. The van der Waals surface area contributed by atoms with E-state index in [1.807, 2.05) is 6.92 Å². The first-order chi connectivity index (χ1) is 14.6. The molecule has 1 aliphatic heterocycles. The molecule has 0 amide bonds. The second-order valence-corrected chi connectivity index (χ2v) is 7.00. The van der Waals surface area contributed by atoms with Gasteiger partial charge in [0, 0.05) is 27.7 Å². The van der Waals surface area contributed by atoms with Gasteiger partial charge in [0.1, 0.15) is 18.5 Å². The number of hydrogen-bond donors (Lipinski definition) is 0. The largest absolute Gasteiger partial charge is 0.463 e. The zero-order valence-electron chi connectivity index (χ0n) is 18.0. The van der Waals surface area contributed by atoms with Crippen molar-refractivity contribution >= 4 is 23.9 Å². The van der Waals surface area contributed by atoms with Gasteiger partial charge in [0.2, 0.25) is 12.4 Å². The Morgan fingerprint density at radius 2 is 1.29 bits per heavy atom. The number of carbonyl (C=O) groups excluding carboxylic acids is 4. The highest BCUT2D eigenvalue weighted by atomic mass is 16.7. The summed E-state index contributed by atoms with van der Waals surface area (Å²) in [6, 6.07) is 6.98. The Morgan fingerprint density at radius 3 is 1.81 bits per heavy atom. The molecule has 3 unspecified atom stereocenters. The number of ether oxygens (including phenoxy) is 6. The van der Waals surface area contributed by atoms with Crippen molar-refractivity contribution in [2.24, 2.45) is 0 Å². The lowest BCUT2D eigenvalue weighted by atomic mass is 9.98. The minimum Gasteiger partial charge on any atom is -0.463 e. The molecule has 2 rings (SSSR count). The fourth-order valence-corrected chi connectivity index (χ4v) is 3.03. The van der Waals surface area contributed by atoms with E-state index in [1.54, 1.807) is 24.3 Å². The quantitative estimate of drug-likeness (QED) is 0.456. The van der Waals surface area contributed by atoms with Crippen LogP contribution in [0, 0.1) is 6.92 Å². The van der Waals surface area contributed by atoms with Gasteiger partial charge in [0.25, 0.3) is 0 Å². The molecular formula is C21H26O10. The SMILES string of the molecule is CC(=O)OCC1O[C@H](Oc2ccc(C)cc2)C(OC(C)=O)C(OC(C)=O)[C@H]1OC(C)=O. The highest BCUT2D eigenvalue weighted by Gasteiger charge is 2.53. The molecule has 1 aliphatic rings. The number of carbonyl (C=O) groups is 4. The van der Waals surface area contributed by atoms with Crippen LogP contribution in [0.4, 0.5) is 0 Å². The van der Waals surface area contributed by atoms with Crippen LogP contribution >= 0.6 is 0 Å². The van der Waals surface area contributed by atoms with Crippen molar-refractivity contribution in [1.82, 2.24) is 0 Å². The van der Waals surface area contributed by atoms with Crippen molar-refractivity contribution in [3.63, 3.8) is 0 Å². The summed E-state index contributed by atoms with van der Waals surface area (Å²) >= 11 is 0. The van der Waals surface area contributed by atoms with Crippen LogP contribution in [0.2, 0.25) is 0 Å². The van der Waals surface area contributed by atoms with Crippen molar-refractivity contribution in [3.05, 3.63) is 29.8 Å². The van der Waals surface area contributed by atoms with E-state index < -0.39 is 54.6 Å². The molecule has 0 spiro atoms. The fourth-order valence-electron chi connectivity index (χ4n) is 3.03. The maximum atomic E-state index is 11.8. The number of benzene rings is 1. The molecule has 0 aromatic heterocycles. The fraction of sp³-hybridized carbons (Fsp3) is 0.524. The van der Waals surface area contributed by atoms with Gasteiger partial charge >= 0.3 is 23.9 Å². The van der Waals surface area contributed by atoms with Crippen molar-refractivity contribution in [1.29, 1.82) is 0 Å². The van der Waals surface area contributed by atoms with Crippen LogP contribution in [0.25, 0.3) is 0 Å². The van der Waals surface area contributed by atoms with E-state index in [0.29, 0.717) is 5.75 Å². The van der Waals surface area contributed by atoms with Crippen LogP contribution < -0.4 is 4.74 Å². The van der Waals surface area contributed by atoms with Gasteiger partial charge < -0.3 is 28.4 Å². The van der Waals surface area contributed by atoms with E-state index >= 15 is 0 Å². The average Bonchev–Trinajstić information content (AvgIpc) is 2.65. The predicted octanol–water partition coefficient (Wildman–Crippen LogP) is 1.46. The van der Waals surface area contributed by atoms with Crippen molar-refractivity contribution in [3.8, 4) is 5.75 Å². The van der Waals surface area contributed by atoms with Crippen molar-refractivity contribution < 1.29 is 47.6 Å². The van der Waals surface area contributed by atoms with E-state index in [9.17, 15) is 19.2 Å². The van der Waals surface area contributed by atoms with Crippen LogP contribution in [-0.2, 0) is 42.9 Å². The molecule has 0 radical (unpaired) electrons. The maximum Gasteiger partial charge on any atom is 0.303 e. The third-order valence-electron chi connectivity index (χ3n) is 4.22. The summed E-state index contributed by atoms with van der Waals surface area (Å²) in [5.41, 5.74) is 0.994. The number of aryl methyl sites for hydroxylation is 1. The molecule has 0 bridgehead atoms. The maximum absolute atomic E-state index is 11.8. The standard InChI is InChI=1S/C21H26O10/c1-11-6-8-16(9-7-11)30-21-20(29-15(5)25)19(28-14(4)24)18(27-13(3)23)17(31-21)10-26-12(2)22/h6-9,17-21H,10H2,1-5H3/t17?,18-,19?,20?,21-/m0/s1. The highest BCUT2D eigenvalue weighted by molar-refractivity contribution is 5.68. The van der Waals surface area contributed by atoms with Gasteiger partial charge in [-0.3, -0.25) is 19.2 Å². The second kappa shape index (κ2) is 10.8. The first-order valence-electron chi connectivity index (χ1n) is 9.60. The first-order valence-corrected chi connectivity index (χ1v) is 9.60. The van der Waals surface area contributed by atoms with Gasteiger partial charge in [-0.05, 0) is 19.1 Å². The molecule has 5 atom stereocenters. The Kier molecular flexibility index (Phi) is 8.38. The van der Waals surface area contributed by atoms with Gasteiger partial charge in [-0.2, -0.15) is 0 Å². The molecule has 10 nitrogen and oxygen atoms in total. The summed E-state index contributed by atoms with van der Waals surface area (Å²) in [6.07, 6.45) is -6.05. The predicted molar refractivity (Wildman–Crippen MR) is 104 cm³/mol. The van der Waals surface area contributed by atoms with Crippen LogP contribution in [0.5, 0.6) is 5.75 Å². The van der Waals surface area contributed by atoms with Gasteiger partial charge in [0.15, 0.2) is 12.2 Å². The summed E-state index contributed by atoms with van der Waals surface area (Å²) in [4.78, 5) is 46.6. The van der Waals surface area contributed by atoms with Gasteiger partial charge in [-0.1, -0.05) is 17.7 Å². The minimum absolute atomic E-state index is 0.314. The topological polar surface area (TPSA) is 124 Å². The molecule has 0 aliphatic carbocycles. The molecule has 1 aromatic carbocycles. The average molecular weight is 438 g/mol. The molecule has 1 saturated heterocycles. The van der Waals surface area contributed by atoms with E-state index in [2.05, 4.69) is 0 Å². The zero-order valence-corrected chi connectivity index (χ0v) is 18.0. The third-order valence-corrected chi connectivity index (χ3v) is 4.22. The molecule has 31 heavy (non-hydrogen) atoms. The number of rotatable bonds is 7. The molecule has 1 heterocycles. The minimum atomic E-state index is -1.27. The summed E-state index contributed by atoms with van der Waals surface area (Å²) in [5, 5.41) is 0. The van der Waals surface area contributed by atoms with Crippen LogP contribution in [0.3, 0.4) is 0 Å². The van der Waals surface area contributed by atoms with Gasteiger partial charge in [0.05, 0.1) is 0 Å². The van der Waals surface area contributed by atoms with E-state index in [-0.39, 0.29) is 6.61 Å². The molecule has 0 N–H and O–H groups in total. The highest BCUT2D eigenvalue weighted by Crippen LogP contribution is 2.31. The van der Waals surface area contributed by atoms with Gasteiger partial charge in [-0.15, -0.1) is 0 Å². The molecule has 170 valence electrons. The molecule has 1 aromatic rings. The Labute approximate surface area is 179 Å². The number of esters is 4. The van der Waals surface area contributed by atoms with Crippen molar-refractivity contribution in [2.45, 2.75) is 65.3 Å². The Hall–Kier alpha value is -3.14. The monoisotopic (exact) mass is 438 g/mol. The number of hydrogen-bond acceptors (Lipinski definition) is 10. The lowest BCUT2D eigenvalue weighted by Crippen LogP contribution is -2.63. The molecule has 1 fully saturated rings. The zero-order chi connectivity index (χ0) is 23.1. The van der Waals surface area contributed by atoms with E-state index in [4.69, 9.17) is 28.4 Å². The van der Waals surface area contributed by atoms with Crippen LogP contribution in [0.1, 0.15) is 33.3 Å². The van der Waals surface area contributed by atoms with E-state index in [0.717, 1.165) is 19.4 Å². The lowest BCUT2D eigenvalue weighted by molar-refractivity contribution is -0.288.